The standard InChI is InChI=1S/C16H22O4/c1-4-19-15(17)14(16(18)20-5-2)11-12(3)13-9-7-6-8-10-13/h6-10,12,14H,4-5,11H2,1-3H3/t12-/m1/s1. The summed E-state index contributed by atoms with van der Waals surface area (Å²) < 4.78 is 9.94. The molecule has 0 fully saturated rings. The van der Waals surface area contributed by atoms with Crippen LogP contribution in [0.2, 0.25) is 0 Å². The van der Waals surface area contributed by atoms with E-state index in [1.54, 1.807) is 13.8 Å². The molecule has 0 aliphatic heterocycles. The van der Waals surface area contributed by atoms with Gasteiger partial charge in [-0.2, -0.15) is 0 Å². The first-order valence-electron chi connectivity index (χ1n) is 6.98. The number of hydrogen-bond acceptors (Lipinski definition) is 4. The predicted octanol–water partition coefficient (Wildman–Crippen LogP) is 2.92. The van der Waals surface area contributed by atoms with Crippen molar-refractivity contribution in [2.24, 2.45) is 5.92 Å². The van der Waals surface area contributed by atoms with E-state index in [0.717, 1.165) is 5.56 Å². The molecule has 0 spiro atoms. The van der Waals surface area contributed by atoms with Gasteiger partial charge in [-0.25, -0.2) is 0 Å². The SMILES string of the molecule is CCOC(=O)C(C[C@@H](C)c1ccccc1)C(=O)OCC. The molecule has 0 bridgehead atoms. The van der Waals surface area contributed by atoms with Crippen LogP contribution in [0, 0.1) is 5.92 Å². The third-order valence-corrected chi connectivity index (χ3v) is 3.10. The Hall–Kier alpha value is -1.84. The number of carbonyl (C=O) groups excluding carboxylic acids is 2. The number of rotatable bonds is 7. The lowest BCUT2D eigenvalue weighted by Gasteiger charge is -2.18. The highest BCUT2D eigenvalue weighted by molar-refractivity contribution is 5.95. The van der Waals surface area contributed by atoms with Crippen LogP contribution in [0.1, 0.15) is 38.7 Å². The average Bonchev–Trinajstić information content (AvgIpc) is 2.45. The number of ether oxygens (including phenoxy) is 2. The van der Waals surface area contributed by atoms with Gasteiger partial charge in [-0.05, 0) is 31.7 Å². The first-order valence-corrected chi connectivity index (χ1v) is 6.98. The van der Waals surface area contributed by atoms with Gasteiger partial charge in [-0.15, -0.1) is 0 Å². The van der Waals surface area contributed by atoms with Crippen LogP contribution in [0.4, 0.5) is 0 Å². The average molecular weight is 278 g/mol. The number of benzene rings is 1. The van der Waals surface area contributed by atoms with Crippen molar-refractivity contribution in [2.45, 2.75) is 33.1 Å². The summed E-state index contributed by atoms with van der Waals surface area (Å²) in [5, 5.41) is 0. The second kappa shape index (κ2) is 8.35. The van der Waals surface area contributed by atoms with Crippen molar-refractivity contribution in [3.05, 3.63) is 35.9 Å². The van der Waals surface area contributed by atoms with Crippen LogP contribution in [0.3, 0.4) is 0 Å². The van der Waals surface area contributed by atoms with Crippen molar-refractivity contribution in [3.8, 4) is 0 Å². The molecule has 0 amide bonds. The Labute approximate surface area is 120 Å². The Bertz CT molecular complexity index is 409. The molecule has 0 aliphatic carbocycles. The summed E-state index contributed by atoms with van der Waals surface area (Å²) in [4.78, 5) is 23.8. The van der Waals surface area contributed by atoms with Gasteiger partial charge in [0.2, 0.25) is 0 Å². The second-order valence-corrected chi connectivity index (χ2v) is 4.60. The Morgan fingerprint density at radius 1 is 1.00 bits per heavy atom. The van der Waals surface area contributed by atoms with E-state index in [0.29, 0.717) is 6.42 Å². The number of hydrogen-bond donors (Lipinski definition) is 0. The monoisotopic (exact) mass is 278 g/mol. The minimum Gasteiger partial charge on any atom is -0.465 e. The van der Waals surface area contributed by atoms with Crippen LogP contribution >= 0.6 is 0 Å². The van der Waals surface area contributed by atoms with Crippen molar-refractivity contribution >= 4 is 11.9 Å². The molecule has 0 saturated heterocycles. The van der Waals surface area contributed by atoms with Crippen molar-refractivity contribution < 1.29 is 19.1 Å². The molecule has 0 saturated carbocycles. The fourth-order valence-corrected chi connectivity index (χ4v) is 2.05. The van der Waals surface area contributed by atoms with Gasteiger partial charge in [0.05, 0.1) is 13.2 Å². The lowest BCUT2D eigenvalue weighted by molar-refractivity contribution is -0.162. The third-order valence-electron chi connectivity index (χ3n) is 3.10. The second-order valence-electron chi connectivity index (χ2n) is 4.60. The topological polar surface area (TPSA) is 52.6 Å². The molecule has 0 N–H and O–H groups in total. The molecule has 1 atom stereocenters. The zero-order valence-electron chi connectivity index (χ0n) is 12.3. The van der Waals surface area contributed by atoms with E-state index in [2.05, 4.69) is 0 Å². The normalized spacial score (nSPS) is 12.0. The number of carbonyl (C=O) groups is 2. The van der Waals surface area contributed by atoms with Crippen LogP contribution in [0.5, 0.6) is 0 Å². The van der Waals surface area contributed by atoms with Crippen molar-refractivity contribution in [1.29, 1.82) is 0 Å². The van der Waals surface area contributed by atoms with Crippen LogP contribution in [0.25, 0.3) is 0 Å². The first-order chi connectivity index (χ1) is 9.60. The van der Waals surface area contributed by atoms with Crippen LogP contribution in [-0.2, 0) is 19.1 Å². The van der Waals surface area contributed by atoms with Crippen LogP contribution in [0.15, 0.2) is 30.3 Å². The molecule has 0 unspecified atom stereocenters. The lowest BCUT2D eigenvalue weighted by atomic mass is 9.90. The van der Waals surface area contributed by atoms with Crippen LogP contribution in [-0.4, -0.2) is 25.2 Å². The molecule has 0 heterocycles. The first kappa shape index (κ1) is 16.2. The van der Waals surface area contributed by atoms with Gasteiger partial charge in [0, 0.05) is 0 Å². The zero-order valence-corrected chi connectivity index (χ0v) is 12.3. The fourth-order valence-electron chi connectivity index (χ4n) is 2.05. The summed E-state index contributed by atoms with van der Waals surface area (Å²) in [5.74, 6) is -1.79. The van der Waals surface area contributed by atoms with Gasteiger partial charge in [0.15, 0.2) is 5.92 Å². The van der Waals surface area contributed by atoms with Gasteiger partial charge in [-0.3, -0.25) is 9.59 Å². The number of esters is 2. The van der Waals surface area contributed by atoms with E-state index in [4.69, 9.17) is 9.47 Å². The minimum absolute atomic E-state index is 0.0787. The molecule has 0 radical (unpaired) electrons. The zero-order chi connectivity index (χ0) is 15.0. The predicted molar refractivity (Wildman–Crippen MR) is 76.2 cm³/mol. The van der Waals surface area contributed by atoms with E-state index in [9.17, 15) is 9.59 Å². The molecule has 1 aromatic rings. The van der Waals surface area contributed by atoms with Gasteiger partial charge >= 0.3 is 11.9 Å². The molecule has 20 heavy (non-hydrogen) atoms. The summed E-state index contributed by atoms with van der Waals surface area (Å²) >= 11 is 0. The van der Waals surface area contributed by atoms with E-state index in [1.807, 2.05) is 37.3 Å². The molecular formula is C16H22O4. The van der Waals surface area contributed by atoms with E-state index < -0.39 is 17.9 Å². The lowest BCUT2D eigenvalue weighted by Crippen LogP contribution is -2.29. The fraction of sp³-hybridized carbons (Fsp3) is 0.500. The van der Waals surface area contributed by atoms with Gasteiger partial charge in [-0.1, -0.05) is 37.3 Å². The van der Waals surface area contributed by atoms with Gasteiger partial charge < -0.3 is 9.47 Å². The van der Waals surface area contributed by atoms with E-state index in [-0.39, 0.29) is 19.1 Å². The van der Waals surface area contributed by atoms with Gasteiger partial charge in [0.1, 0.15) is 0 Å². The highest BCUT2D eigenvalue weighted by Crippen LogP contribution is 2.24. The molecule has 1 aromatic carbocycles. The van der Waals surface area contributed by atoms with Crippen molar-refractivity contribution in [2.75, 3.05) is 13.2 Å². The molecule has 110 valence electrons. The van der Waals surface area contributed by atoms with Crippen molar-refractivity contribution in [3.63, 3.8) is 0 Å². The van der Waals surface area contributed by atoms with E-state index in [1.165, 1.54) is 0 Å². The van der Waals surface area contributed by atoms with Crippen molar-refractivity contribution in [1.82, 2.24) is 0 Å². The summed E-state index contributed by atoms with van der Waals surface area (Å²) in [6.45, 7) is 5.95. The summed E-state index contributed by atoms with van der Waals surface area (Å²) in [6, 6.07) is 9.78. The highest BCUT2D eigenvalue weighted by atomic mass is 16.6. The maximum Gasteiger partial charge on any atom is 0.320 e. The minimum atomic E-state index is -0.856. The molecule has 1 rings (SSSR count). The third kappa shape index (κ3) is 4.68. The molecule has 0 aromatic heterocycles. The Morgan fingerprint density at radius 3 is 1.95 bits per heavy atom. The maximum atomic E-state index is 11.9. The summed E-state index contributed by atoms with van der Waals surface area (Å²) in [7, 11) is 0. The highest BCUT2D eigenvalue weighted by Gasteiger charge is 2.31. The molecule has 4 heteroatoms. The Balaban J connectivity index is 2.78. The smallest absolute Gasteiger partial charge is 0.320 e. The van der Waals surface area contributed by atoms with Gasteiger partial charge in [0.25, 0.3) is 0 Å². The largest absolute Gasteiger partial charge is 0.465 e. The summed E-state index contributed by atoms with van der Waals surface area (Å²) in [5.41, 5.74) is 1.09. The molecule has 4 nitrogen and oxygen atoms in total. The van der Waals surface area contributed by atoms with E-state index >= 15 is 0 Å². The Morgan fingerprint density at radius 2 is 1.50 bits per heavy atom. The Kier molecular flexibility index (Phi) is 6.77. The summed E-state index contributed by atoms with van der Waals surface area (Å²) in [6.07, 6.45) is 0.391. The molecule has 0 aliphatic rings. The van der Waals surface area contributed by atoms with Crippen LogP contribution < -0.4 is 0 Å². The maximum absolute atomic E-state index is 11.9. The quantitative estimate of drug-likeness (QED) is 0.568. The molecular weight excluding hydrogens is 256 g/mol.